The van der Waals surface area contributed by atoms with E-state index in [1.165, 1.54) is 0 Å². The minimum absolute atomic E-state index is 0.313. The van der Waals surface area contributed by atoms with Crippen molar-refractivity contribution in [1.82, 2.24) is 4.98 Å². The number of nitriles is 1. The summed E-state index contributed by atoms with van der Waals surface area (Å²) in [5.74, 6) is 0.313. The van der Waals surface area contributed by atoms with Crippen LogP contribution in [0.3, 0.4) is 0 Å². The van der Waals surface area contributed by atoms with Gasteiger partial charge in [-0.2, -0.15) is 5.26 Å². The topological polar surface area (TPSA) is 63.0 Å². The van der Waals surface area contributed by atoms with Gasteiger partial charge in [-0.05, 0) is 25.0 Å². The Morgan fingerprint density at radius 2 is 2.47 bits per heavy atom. The van der Waals surface area contributed by atoms with Gasteiger partial charge >= 0.3 is 0 Å². The second-order valence-corrected chi connectivity index (χ2v) is 3.74. The maximum absolute atomic E-state index is 10.7. The van der Waals surface area contributed by atoms with Crippen LogP contribution in [0.4, 0.5) is 0 Å². The molecule has 0 saturated heterocycles. The predicted molar refractivity (Wildman–Crippen MR) is 52.2 cm³/mol. The maximum atomic E-state index is 10.7. The van der Waals surface area contributed by atoms with Crippen molar-refractivity contribution in [3.63, 3.8) is 0 Å². The number of aromatic nitrogens is 1. The van der Waals surface area contributed by atoms with E-state index < -0.39 is 0 Å². The number of rotatable bonds is 4. The normalized spacial score (nSPS) is 16.5. The number of nitrogens with zero attached hydrogens (tertiary/aromatic N) is 2. The molecule has 1 aromatic rings. The molecule has 15 heavy (non-hydrogen) atoms. The third-order valence-corrected chi connectivity index (χ3v) is 2.53. The summed E-state index contributed by atoms with van der Waals surface area (Å²) in [5, 5.41) is 8.78. The molecule has 0 radical (unpaired) electrons. The summed E-state index contributed by atoms with van der Waals surface area (Å²) in [6.07, 6.45) is 4.23. The molecule has 0 N–H and O–H groups in total. The van der Waals surface area contributed by atoms with Gasteiger partial charge in [0, 0.05) is 6.20 Å². The zero-order valence-electron chi connectivity index (χ0n) is 8.14. The lowest BCUT2D eigenvalue weighted by Crippen LogP contribution is -2.15. The standard InChI is InChI=1S/C11H10N2O2/c12-6-9-2-1-5-13-10(9)15-8-11(7-14)3-4-11/h1-2,5,7H,3-4,8H2. The number of pyridine rings is 1. The number of carbonyl (C=O) groups is 1. The van der Waals surface area contributed by atoms with Crippen LogP contribution in [0.1, 0.15) is 18.4 Å². The molecule has 1 saturated carbocycles. The Morgan fingerprint density at radius 3 is 3.07 bits per heavy atom. The Hall–Kier alpha value is -1.89. The van der Waals surface area contributed by atoms with Crippen LogP contribution < -0.4 is 4.74 Å². The van der Waals surface area contributed by atoms with Crippen molar-refractivity contribution in [1.29, 1.82) is 5.26 Å². The van der Waals surface area contributed by atoms with Crippen molar-refractivity contribution in [2.75, 3.05) is 6.61 Å². The quantitative estimate of drug-likeness (QED) is 0.690. The highest BCUT2D eigenvalue weighted by molar-refractivity contribution is 5.63. The number of hydrogen-bond acceptors (Lipinski definition) is 4. The van der Waals surface area contributed by atoms with E-state index in [2.05, 4.69) is 4.98 Å². The molecule has 4 nitrogen and oxygen atoms in total. The van der Waals surface area contributed by atoms with E-state index in [1.807, 2.05) is 6.07 Å². The number of carbonyl (C=O) groups excluding carboxylic acids is 1. The Kier molecular flexibility index (Phi) is 2.38. The van der Waals surface area contributed by atoms with Crippen LogP contribution in [0.5, 0.6) is 5.88 Å². The Labute approximate surface area is 87.5 Å². The van der Waals surface area contributed by atoms with Crippen molar-refractivity contribution in [2.24, 2.45) is 5.41 Å². The molecule has 0 bridgehead atoms. The lowest BCUT2D eigenvalue weighted by atomic mass is 10.1. The molecular weight excluding hydrogens is 192 g/mol. The van der Waals surface area contributed by atoms with E-state index in [-0.39, 0.29) is 5.41 Å². The molecular formula is C11H10N2O2. The molecule has 1 aliphatic rings. The van der Waals surface area contributed by atoms with Crippen LogP contribution in [0.2, 0.25) is 0 Å². The molecule has 1 aromatic heterocycles. The summed E-state index contributed by atoms with van der Waals surface area (Å²) in [7, 11) is 0. The van der Waals surface area contributed by atoms with Crippen LogP contribution in [0, 0.1) is 16.7 Å². The van der Waals surface area contributed by atoms with Gasteiger partial charge in [-0.25, -0.2) is 4.98 Å². The van der Waals surface area contributed by atoms with Gasteiger partial charge in [-0.15, -0.1) is 0 Å². The van der Waals surface area contributed by atoms with Gasteiger partial charge in [0.2, 0.25) is 5.88 Å². The second-order valence-electron chi connectivity index (χ2n) is 3.74. The van der Waals surface area contributed by atoms with Crippen molar-refractivity contribution < 1.29 is 9.53 Å². The van der Waals surface area contributed by atoms with Crippen molar-refractivity contribution in [3.05, 3.63) is 23.9 Å². The highest BCUT2D eigenvalue weighted by Gasteiger charge is 2.43. The van der Waals surface area contributed by atoms with E-state index in [9.17, 15) is 4.79 Å². The molecule has 0 amide bonds. The molecule has 1 aliphatic carbocycles. The monoisotopic (exact) mass is 202 g/mol. The molecule has 2 rings (SSSR count). The molecule has 4 heteroatoms. The van der Waals surface area contributed by atoms with Gasteiger partial charge in [-0.1, -0.05) is 0 Å². The fourth-order valence-corrected chi connectivity index (χ4v) is 1.26. The second kappa shape index (κ2) is 3.70. The number of ether oxygens (including phenoxy) is 1. The summed E-state index contributed by atoms with van der Waals surface area (Å²) < 4.78 is 5.38. The maximum Gasteiger partial charge on any atom is 0.231 e. The van der Waals surface area contributed by atoms with Gasteiger partial charge in [-0.3, -0.25) is 0 Å². The zero-order chi connectivity index (χ0) is 10.7. The first-order valence-corrected chi connectivity index (χ1v) is 4.74. The largest absolute Gasteiger partial charge is 0.476 e. The molecule has 0 aliphatic heterocycles. The van der Waals surface area contributed by atoms with E-state index >= 15 is 0 Å². The van der Waals surface area contributed by atoms with Crippen LogP contribution in [0.15, 0.2) is 18.3 Å². The summed E-state index contributed by atoms with van der Waals surface area (Å²) >= 11 is 0. The smallest absolute Gasteiger partial charge is 0.231 e. The third kappa shape index (κ3) is 1.96. The van der Waals surface area contributed by atoms with E-state index in [0.717, 1.165) is 19.1 Å². The average Bonchev–Trinajstić information content (AvgIpc) is 3.07. The zero-order valence-corrected chi connectivity index (χ0v) is 8.14. The highest BCUT2D eigenvalue weighted by atomic mass is 16.5. The Bertz CT molecular complexity index is 419. The third-order valence-electron chi connectivity index (χ3n) is 2.53. The summed E-state index contributed by atoms with van der Waals surface area (Å²) in [5.41, 5.74) is 0.0868. The van der Waals surface area contributed by atoms with Crippen molar-refractivity contribution in [2.45, 2.75) is 12.8 Å². The molecule has 1 heterocycles. The van der Waals surface area contributed by atoms with Crippen molar-refractivity contribution >= 4 is 6.29 Å². The summed E-state index contributed by atoms with van der Waals surface area (Å²) in [6, 6.07) is 5.31. The fourth-order valence-electron chi connectivity index (χ4n) is 1.26. The summed E-state index contributed by atoms with van der Waals surface area (Å²) in [6.45, 7) is 0.322. The highest BCUT2D eigenvalue weighted by Crippen LogP contribution is 2.43. The molecule has 1 fully saturated rings. The first-order valence-electron chi connectivity index (χ1n) is 4.74. The molecule has 0 unspecified atom stereocenters. The predicted octanol–water partition coefficient (Wildman–Crippen LogP) is 1.31. The number of hydrogen-bond donors (Lipinski definition) is 0. The Morgan fingerprint density at radius 1 is 1.67 bits per heavy atom. The molecule has 0 spiro atoms. The van der Waals surface area contributed by atoms with Crippen LogP contribution in [-0.2, 0) is 4.79 Å². The van der Waals surface area contributed by atoms with Crippen LogP contribution >= 0.6 is 0 Å². The van der Waals surface area contributed by atoms with Crippen LogP contribution in [-0.4, -0.2) is 17.9 Å². The van der Waals surface area contributed by atoms with Gasteiger partial charge in [0.05, 0.1) is 5.41 Å². The minimum Gasteiger partial charge on any atom is -0.476 e. The fraction of sp³-hybridized carbons (Fsp3) is 0.364. The lowest BCUT2D eigenvalue weighted by Gasteiger charge is -2.09. The van der Waals surface area contributed by atoms with E-state index in [4.69, 9.17) is 10.00 Å². The van der Waals surface area contributed by atoms with E-state index in [1.54, 1.807) is 18.3 Å². The first-order chi connectivity index (χ1) is 7.29. The van der Waals surface area contributed by atoms with Gasteiger partial charge in [0.15, 0.2) is 0 Å². The van der Waals surface area contributed by atoms with Gasteiger partial charge in [0.25, 0.3) is 0 Å². The lowest BCUT2D eigenvalue weighted by molar-refractivity contribution is -0.113. The summed E-state index contributed by atoms with van der Waals surface area (Å²) in [4.78, 5) is 14.7. The molecule has 0 atom stereocenters. The Balaban J connectivity index is 2.05. The molecule has 0 aromatic carbocycles. The molecule has 76 valence electrons. The number of aldehydes is 1. The van der Waals surface area contributed by atoms with Crippen molar-refractivity contribution in [3.8, 4) is 11.9 Å². The van der Waals surface area contributed by atoms with Crippen LogP contribution in [0.25, 0.3) is 0 Å². The minimum atomic E-state index is -0.315. The van der Waals surface area contributed by atoms with Gasteiger partial charge in [0.1, 0.15) is 24.5 Å². The SMILES string of the molecule is N#Cc1cccnc1OCC1(C=O)CC1. The average molecular weight is 202 g/mol. The first kappa shape index (κ1) is 9.66. The van der Waals surface area contributed by atoms with Gasteiger partial charge < -0.3 is 9.53 Å². The van der Waals surface area contributed by atoms with E-state index in [0.29, 0.717) is 18.1 Å².